The van der Waals surface area contributed by atoms with Crippen molar-refractivity contribution >= 4 is 17.7 Å². The van der Waals surface area contributed by atoms with Crippen molar-refractivity contribution in [3.63, 3.8) is 0 Å². The second-order valence-corrected chi connectivity index (χ2v) is 7.25. The summed E-state index contributed by atoms with van der Waals surface area (Å²) < 4.78 is 7.02. The van der Waals surface area contributed by atoms with Gasteiger partial charge in [-0.15, -0.1) is 5.10 Å². The molecular formula is C21H18ClN7O2. The highest BCUT2D eigenvalue weighted by molar-refractivity contribution is 6.33. The zero-order valence-corrected chi connectivity index (χ0v) is 17.5. The Morgan fingerprint density at radius 3 is 2.77 bits per heavy atom. The van der Waals surface area contributed by atoms with E-state index in [4.69, 9.17) is 16.3 Å². The third-order valence-corrected chi connectivity index (χ3v) is 4.82. The first-order valence-corrected chi connectivity index (χ1v) is 9.76. The number of benzene rings is 2. The van der Waals surface area contributed by atoms with Crippen LogP contribution in [0.2, 0.25) is 5.02 Å². The first-order chi connectivity index (χ1) is 15.0. The molecule has 1 amide bonds. The van der Waals surface area contributed by atoms with Crippen LogP contribution >= 0.6 is 11.6 Å². The highest BCUT2D eigenvalue weighted by atomic mass is 35.5. The van der Waals surface area contributed by atoms with Crippen molar-refractivity contribution in [2.75, 3.05) is 0 Å². The second kappa shape index (κ2) is 8.88. The van der Waals surface area contributed by atoms with Gasteiger partial charge in [0.15, 0.2) is 0 Å². The highest BCUT2D eigenvalue weighted by Gasteiger charge is 2.15. The van der Waals surface area contributed by atoms with E-state index in [1.54, 1.807) is 37.6 Å². The van der Waals surface area contributed by atoms with Gasteiger partial charge in [0.05, 0.1) is 23.6 Å². The van der Waals surface area contributed by atoms with Gasteiger partial charge in [-0.3, -0.25) is 9.97 Å². The Morgan fingerprint density at radius 2 is 2.06 bits per heavy atom. The fourth-order valence-electron chi connectivity index (χ4n) is 2.99. The number of carbonyl (C=O) groups excluding carboxylic acids is 1. The van der Waals surface area contributed by atoms with Gasteiger partial charge in [-0.25, -0.2) is 9.48 Å². The van der Waals surface area contributed by atoms with Crippen LogP contribution in [0.3, 0.4) is 0 Å². The summed E-state index contributed by atoms with van der Waals surface area (Å²) in [4.78, 5) is 20.7. The molecule has 0 spiro atoms. The fourth-order valence-corrected chi connectivity index (χ4v) is 3.33. The lowest BCUT2D eigenvalue weighted by molar-refractivity contribution is 0.196. The molecule has 31 heavy (non-hydrogen) atoms. The maximum absolute atomic E-state index is 12.5. The van der Waals surface area contributed by atoms with E-state index in [0.717, 1.165) is 16.7 Å². The lowest BCUT2D eigenvalue weighted by atomic mass is 10.0. The standard InChI is InChI=1S/C21H18ClN7O2/c1-13-3-4-18(19(22)7-13)15-8-16(29-12-25-27-28-29)10-17(9-15)31-21(30)26-14(2)20-11-23-5-6-24-20/h3-12,14H,1-2H3,(H,26,30). The van der Waals surface area contributed by atoms with Crippen LogP contribution in [0.4, 0.5) is 4.79 Å². The molecule has 0 radical (unpaired) electrons. The summed E-state index contributed by atoms with van der Waals surface area (Å²) >= 11 is 6.46. The highest BCUT2D eigenvalue weighted by Crippen LogP contribution is 2.33. The maximum atomic E-state index is 12.5. The molecule has 0 saturated heterocycles. The summed E-state index contributed by atoms with van der Waals surface area (Å²) in [6, 6.07) is 10.6. The monoisotopic (exact) mass is 435 g/mol. The summed E-state index contributed by atoms with van der Waals surface area (Å²) in [6.45, 7) is 3.75. The van der Waals surface area contributed by atoms with Gasteiger partial charge in [0.2, 0.25) is 0 Å². The number of rotatable bonds is 5. The molecular weight excluding hydrogens is 418 g/mol. The zero-order chi connectivity index (χ0) is 21.8. The third-order valence-electron chi connectivity index (χ3n) is 4.51. The van der Waals surface area contributed by atoms with Crippen molar-refractivity contribution in [1.82, 2.24) is 35.5 Å². The minimum atomic E-state index is -0.632. The summed E-state index contributed by atoms with van der Waals surface area (Å²) in [6.07, 6.45) is 5.53. The van der Waals surface area contributed by atoms with E-state index in [9.17, 15) is 4.79 Å². The molecule has 2 heterocycles. The van der Waals surface area contributed by atoms with Crippen molar-refractivity contribution in [3.8, 4) is 22.6 Å². The average molecular weight is 436 g/mol. The topological polar surface area (TPSA) is 108 Å². The number of tetrazole rings is 1. The molecule has 156 valence electrons. The van der Waals surface area contributed by atoms with Crippen LogP contribution in [0.5, 0.6) is 5.75 Å². The Morgan fingerprint density at radius 1 is 1.19 bits per heavy atom. The molecule has 0 aliphatic rings. The molecule has 0 saturated carbocycles. The number of amides is 1. The molecule has 2 aromatic heterocycles. The van der Waals surface area contributed by atoms with Crippen molar-refractivity contribution in [3.05, 3.63) is 77.6 Å². The Balaban J connectivity index is 1.63. The van der Waals surface area contributed by atoms with Crippen molar-refractivity contribution in [2.45, 2.75) is 19.9 Å². The minimum absolute atomic E-state index is 0.309. The Labute approximate surface area is 183 Å². The van der Waals surface area contributed by atoms with Gasteiger partial charge in [0.25, 0.3) is 0 Å². The first-order valence-electron chi connectivity index (χ1n) is 9.39. The normalized spacial score (nSPS) is 11.7. The molecule has 4 aromatic rings. The molecule has 4 rings (SSSR count). The SMILES string of the molecule is Cc1ccc(-c2cc(OC(=O)NC(C)c3cnccn3)cc(-n3cnnn3)c2)c(Cl)c1. The number of ether oxygens (including phenoxy) is 1. The molecule has 1 atom stereocenters. The van der Waals surface area contributed by atoms with E-state index in [1.807, 2.05) is 31.2 Å². The van der Waals surface area contributed by atoms with Gasteiger partial charge in [-0.1, -0.05) is 23.7 Å². The summed E-state index contributed by atoms with van der Waals surface area (Å²) in [5, 5.41) is 14.6. The number of hydrogen-bond acceptors (Lipinski definition) is 7. The molecule has 1 unspecified atom stereocenters. The lowest BCUT2D eigenvalue weighted by Crippen LogP contribution is -2.30. The van der Waals surface area contributed by atoms with Crippen LogP contribution in [-0.4, -0.2) is 36.3 Å². The number of aryl methyl sites for hydroxylation is 1. The number of aromatic nitrogens is 6. The van der Waals surface area contributed by atoms with Gasteiger partial charge in [0, 0.05) is 29.0 Å². The summed E-state index contributed by atoms with van der Waals surface area (Å²) in [5.74, 6) is 0.309. The fraction of sp³-hybridized carbons (Fsp3) is 0.143. The summed E-state index contributed by atoms with van der Waals surface area (Å²) in [5.41, 5.74) is 3.82. The van der Waals surface area contributed by atoms with Crippen molar-refractivity contribution < 1.29 is 9.53 Å². The smallest absolute Gasteiger partial charge is 0.410 e. The van der Waals surface area contributed by atoms with Crippen LogP contribution in [0.1, 0.15) is 24.2 Å². The van der Waals surface area contributed by atoms with Crippen molar-refractivity contribution in [1.29, 1.82) is 0 Å². The van der Waals surface area contributed by atoms with E-state index >= 15 is 0 Å². The average Bonchev–Trinajstić information content (AvgIpc) is 3.29. The van der Waals surface area contributed by atoms with Crippen LogP contribution in [0.25, 0.3) is 16.8 Å². The molecule has 0 bridgehead atoms. The van der Waals surface area contributed by atoms with Crippen molar-refractivity contribution in [2.24, 2.45) is 0 Å². The van der Waals surface area contributed by atoms with E-state index < -0.39 is 6.09 Å². The number of hydrogen-bond donors (Lipinski definition) is 1. The van der Waals surface area contributed by atoms with Crippen LogP contribution in [0, 0.1) is 6.92 Å². The molecule has 0 aliphatic carbocycles. The molecule has 0 aliphatic heterocycles. The number of nitrogens with one attached hydrogen (secondary N) is 1. The Bertz CT molecular complexity index is 1200. The molecule has 0 fully saturated rings. The lowest BCUT2D eigenvalue weighted by Gasteiger charge is -2.14. The van der Waals surface area contributed by atoms with E-state index in [1.165, 1.54) is 11.0 Å². The molecule has 9 nitrogen and oxygen atoms in total. The van der Waals surface area contributed by atoms with Gasteiger partial charge in [0.1, 0.15) is 12.1 Å². The van der Waals surface area contributed by atoms with Crippen LogP contribution in [-0.2, 0) is 0 Å². The predicted octanol–water partition coefficient (Wildman–Crippen LogP) is 3.93. The van der Waals surface area contributed by atoms with Gasteiger partial charge >= 0.3 is 6.09 Å². The largest absolute Gasteiger partial charge is 0.413 e. The van der Waals surface area contributed by atoms with E-state index in [-0.39, 0.29) is 6.04 Å². The van der Waals surface area contributed by atoms with E-state index in [0.29, 0.717) is 22.2 Å². The predicted molar refractivity (Wildman–Crippen MR) is 114 cm³/mol. The molecule has 2 aromatic carbocycles. The number of nitrogens with zero attached hydrogens (tertiary/aromatic N) is 6. The quantitative estimate of drug-likeness (QED) is 0.506. The zero-order valence-electron chi connectivity index (χ0n) is 16.7. The Hall–Kier alpha value is -3.85. The first kappa shape index (κ1) is 20.4. The van der Waals surface area contributed by atoms with Gasteiger partial charge < -0.3 is 10.1 Å². The third kappa shape index (κ3) is 4.84. The minimum Gasteiger partial charge on any atom is -0.410 e. The summed E-state index contributed by atoms with van der Waals surface area (Å²) in [7, 11) is 0. The Kier molecular flexibility index (Phi) is 5.85. The second-order valence-electron chi connectivity index (χ2n) is 6.84. The number of carbonyl (C=O) groups is 1. The van der Waals surface area contributed by atoms with Gasteiger partial charge in [-0.05, 0) is 53.6 Å². The van der Waals surface area contributed by atoms with Gasteiger partial charge in [-0.2, -0.15) is 0 Å². The molecule has 10 heteroatoms. The molecule has 1 N–H and O–H groups in total. The maximum Gasteiger partial charge on any atom is 0.413 e. The van der Waals surface area contributed by atoms with Crippen LogP contribution in [0.15, 0.2) is 61.3 Å². The van der Waals surface area contributed by atoms with Crippen LogP contribution < -0.4 is 10.1 Å². The number of halogens is 1. The van der Waals surface area contributed by atoms with E-state index in [2.05, 4.69) is 30.8 Å².